The number of nitrogens with one attached hydrogen (secondary N) is 1. The summed E-state index contributed by atoms with van der Waals surface area (Å²) < 4.78 is 0. The van der Waals surface area contributed by atoms with E-state index < -0.39 is 0 Å². The van der Waals surface area contributed by atoms with Crippen molar-refractivity contribution in [3.05, 3.63) is 28.8 Å². The lowest BCUT2D eigenvalue weighted by Gasteiger charge is -2.05. The highest BCUT2D eigenvalue weighted by atomic mass is 35.5. The van der Waals surface area contributed by atoms with Gasteiger partial charge in [-0.25, -0.2) is 0 Å². The number of aromatic hydroxyl groups is 1. The second-order valence-electron chi connectivity index (χ2n) is 3.49. The Morgan fingerprint density at radius 1 is 1.53 bits per heavy atom. The van der Waals surface area contributed by atoms with Gasteiger partial charge in [0.25, 0.3) is 5.91 Å². The summed E-state index contributed by atoms with van der Waals surface area (Å²) in [6.45, 7) is 0.495. The molecule has 4 N–H and O–H groups in total. The van der Waals surface area contributed by atoms with Crippen molar-refractivity contribution in [2.75, 3.05) is 6.54 Å². The second-order valence-corrected chi connectivity index (χ2v) is 4.42. The molecule has 0 heterocycles. The molecule has 0 saturated heterocycles. The third-order valence-electron chi connectivity index (χ3n) is 2.10. The summed E-state index contributed by atoms with van der Waals surface area (Å²) in [4.78, 5) is 12.1. The topological polar surface area (TPSA) is 75.3 Å². The van der Waals surface area contributed by atoms with Gasteiger partial charge >= 0.3 is 0 Å². The molecular weight excluding hydrogens is 260 g/mol. The molecule has 92 valence electrons. The highest BCUT2D eigenvalue weighted by Gasteiger charge is 2.07. The van der Waals surface area contributed by atoms with Crippen LogP contribution in [0.4, 0.5) is 0 Å². The molecule has 4 nitrogen and oxygen atoms in total. The maximum absolute atomic E-state index is 11.6. The number of phenols is 1. The number of rotatable bonds is 5. The Morgan fingerprint density at radius 3 is 2.82 bits per heavy atom. The molecule has 6 heteroatoms. The Bertz CT molecular complexity index is 437. The number of nitrogens with two attached hydrogens (primary N) is 1. The normalized spacial score (nSPS) is 9.94. The number of carbonyl (C=O) groups excluding carboxylic acids is 1. The standard InChI is InChI=1S/C11H13ClN2O2S/c12-8-6-7(3-4-9(8)15)11(16)14-5-1-2-10(13)17/h3-4,6,15H,1-2,5H2,(H2,13,17)(H,14,16). The average molecular weight is 273 g/mol. The zero-order chi connectivity index (χ0) is 12.8. The monoisotopic (exact) mass is 272 g/mol. The molecule has 0 unspecified atom stereocenters. The number of carbonyl (C=O) groups is 1. The summed E-state index contributed by atoms with van der Waals surface area (Å²) in [7, 11) is 0. The molecule has 1 rings (SSSR count). The van der Waals surface area contributed by atoms with Gasteiger partial charge in [-0.2, -0.15) is 0 Å². The van der Waals surface area contributed by atoms with Crippen molar-refractivity contribution in [2.45, 2.75) is 12.8 Å². The Kier molecular flexibility index (Phi) is 5.18. The number of amides is 1. The van der Waals surface area contributed by atoms with E-state index in [0.29, 0.717) is 29.9 Å². The minimum atomic E-state index is -0.241. The van der Waals surface area contributed by atoms with E-state index in [9.17, 15) is 9.90 Å². The largest absolute Gasteiger partial charge is 0.506 e. The van der Waals surface area contributed by atoms with Crippen LogP contribution in [0.3, 0.4) is 0 Å². The average Bonchev–Trinajstić information content (AvgIpc) is 2.27. The number of hydrogen-bond acceptors (Lipinski definition) is 3. The number of hydrogen-bond donors (Lipinski definition) is 3. The molecule has 0 aliphatic carbocycles. The molecule has 0 aliphatic heterocycles. The first-order chi connectivity index (χ1) is 8.00. The van der Waals surface area contributed by atoms with E-state index in [4.69, 9.17) is 29.6 Å². The Hall–Kier alpha value is -1.33. The highest BCUT2D eigenvalue weighted by Crippen LogP contribution is 2.23. The van der Waals surface area contributed by atoms with Crippen LogP contribution in [0.5, 0.6) is 5.75 Å². The summed E-state index contributed by atoms with van der Waals surface area (Å²) in [5.41, 5.74) is 5.74. The van der Waals surface area contributed by atoms with Crippen LogP contribution in [0.25, 0.3) is 0 Å². The van der Waals surface area contributed by atoms with Gasteiger partial charge in [0.05, 0.1) is 10.0 Å². The lowest BCUT2D eigenvalue weighted by Crippen LogP contribution is -2.25. The smallest absolute Gasteiger partial charge is 0.251 e. The first-order valence-electron chi connectivity index (χ1n) is 5.05. The van der Waals surface area contributed by atoms with Gasteiger partial charge in [0.2, 0.25) is 0 Å². The van der Waals surface area contributed by atoms with Gasteiger partial charge in [-0.1, -0.05) is 23.8 Å². The van der Waals surface area contributed by atoms with Gasteiger partial charge in [-0.3, -0.25) is 4.79 Å². The summed E-state index contributed by atoms with van der Waals surface area (Å²) >= 11 is 10.4. The number of benzene rings is 1. The minimum absolute atomic E-state index is 0.0447. The first-order valence-corrected chi connectivity index (χ1v) is 5.84. The third-order valence-corrected chi connectivity index (χ3v) is 2.60. The Morgan fingerprint density at radius 2 is 2.24 bits per heavy atom. The van der Waals surface area contributed by atoms with Gasteiger partial charge in [0, 0.05) is 12.1 Å². The van der Waals surface area contributed by atoms with Crippen LogP contribution >= 0.6 is 23.8 Å². The number of halogens is 1. The SMILES string of the molecule is NC(=S)CCCNC(=O)c1ccc(O)c(Cl)c1. The minimum Gasteiger partial charge on any atom is -0.506 e. The molecule has 1 aromatic rings. The van der Waals surface area contributed by atoms with Crippen LogP contribution in [-0.4, -0.2) is 22.5 Å². The van der Waals surface area contributed by atoms with Crippen molar-refractivity contribution in [3.8, 4) is 5.75 Å². The fraction of sp³-hybridized carbons (Fsp3) is 0.273. The van der Waals surface area contributed by atoms with E-state index in [0.717, 1.165) is 0 Å². The zero-order valence-corrected chi connectivity index (χ0v) is 10.6. The highest BCUT2D eigenvalue weighted by molar-refractivity contribution is 7.80. The van der Waals surface area contributed by atoms with E-state index in [1.807, 2.05) is 0 Å². The molecule has 0 radical (unpaired) electrons. The van der Waals surface area contributed by atoms with Gasteiger partial charge in [-0.15, -0.1) is 0 Å². The summed E-state index contributed by atoms with van der Waals surface area (Å²) in [5.74, 6) is -0.286. The quantitative estimate of drug-likeness (QED) is 0.565. The number of phenolic OH excluding ortho intramolecular Hbond substituents is 1. The van der Waals surface area contributed by atoms with Crippen LogP contribution in [0.15, 0.2) is 18.2 Å². The van der Waals surface area contributed by atoms with Crippen molar-refractivity contribution < 1.29 is 9.90 Å². The number of thiocarbonyl (C=S) groups is 1. The van der Waals surface area contributed by atoms with Gasteiger partial charge < -0.3 is 16.2 Å². The lowest BCUT2D eigenvalue weighted by atomic mass is 10.2. The fourth-order valence-electron chi connectivity index (χ4n) is 1.21. The molecule has 17 heavy (non-hydrogen) atoms. The molecule has 0 atom stereocenters. The molecule has 0 bridgehead atoms. The second kappa shape index (κ2) is 6.42. The van der Waals surface area contributed by atoms with Crippen LogP contribution in [0.1, 0.15) is 23.2 Å². The van der Waals surface area contributed by atoms with Crippen LogP contribution in [0.2, 0.25) is 5.02 Å². The Labute approximate surface area is 110 Å². The van der Waals surface area contributed by atoms with Crippen molar-refractivity contribution >= 4 is 34.7 Å². The molecule has 0 aliphatic rings. The van der Waals surface area contributed by atoms with E-state index in [1.54, 1.807) is 0 Å². The van der Waals surface area contributed by atoms with Crippen LogP contribution < -0.4 is 11.1 Å². The van der Waals surface area contributed by atoms with Gasteiger partial charge in [0.1, 0.15) is 5.75 Å². The van der Waals surface area contributed by atoms with Gasteiger partial charge in [-0.05, 0) is 31.0 Å². The van der Waals surface area contributed by atoms with Crippen molar-refractivity contribution in [1.82, 2.24) is 5.32 Å². The molecular formula is C11H13ClN2O2S. The molecule has 0 spiro atoms. The predicted octanol–water partition coefficient (Wildman–Crippen LogP) is 1.84. The van der Waals surface area contributed by atoms with Crippen molar-refractivity contribution in [2.24, 2.45) is 5.73 Å². The summed E-state index contributed by atoms with van der Waals surface area (Å²) in [6.07, 6.45) is 1.30. The van der Waals surface area contributed by atoms with E-state index in [1.165, 1.54) is 18.2 Å². The van der Waals surface area contributed by atoms with Crippen molar-refractivity contribution in [3.63, 3.8) is 0 Å². The van der Waals surface area contributed by atoms with E-state index >= 15 is 0 Å². The maximum Gasteiger partial charge on any atom is 0.251 e. The lowest BCUT2D eigenvalue weighted by molar-refractivity contribution is 0.0953. The van der Waals surface area contributed by atoms with E-state index in [2.05, 4.69) is 5.32 Å². The first kappa shape index (κ1) is 13.7. The molecule has 0 fully saturated rings. The molecule has 0 aromatic heterocycles. The predicted molar refractivity (Wildman–Crippen MR) is 71.5 cm³/mol. The molecule has 1 aromatic carbocycles. The zero-order valence-electron chi connectivity index (χ0n) is 9.07. The summed E-state index contributed by atoms with van der Waals surface area (Å²) in [5, 5.41) is 12.1. The Balaban J connectivity index is 2.47. The fourth-order valence-corrected chi connectivity index (χ4v) is 1.54. The van der Waals surface area contributed by atoms with Gasteiger partial charge in [0.15, 0.2) is 0 Å². The van der Waals surface area contributed by atoms with E-state index in [-0.39, 0.29) is 16.7 Å². The summed E-state index contributed by atoms with van der Waals surface area (Å²) in [6, 6.07) is 4.30. The third kappa shape index (κ3) is 4.58. The van der Waals surface area contributed by atoms with Crippen LogP contribution in [0, 0.1) is 0 Å². The molecule has 1 amide bonds. The van der Waals surface area contributed by atoms with Crippen molar-refractivity contribution in [1.29, 1.82) is 0 Å². The maximum atomic E-state index is 11.6. The van der Waals surface area contributed by atoms with Crippen LogP contribution in [-0.2, 0) is 0 Å². The molecule has 0 saturated carbocycles.